The summed E-state index contributed by atoms with van der Waals surface area (Å²) in [5.41, 5.74) is 0. The highest BCUT2D eigenvalue weighted by atomic mass is 79.9. The van der Waals surface area contributed by atoms with Crippen LogP contribution in [0.5, 0.6) is 0 Å². The van der Waals surface area contributed by atoms with Gasteiger partial charge >= 0.3 is 0 Å². The van der Waals surface area contributed by atoms with Crippen molar-refractivity contribution in [2.75, 3.05) is 5.32 Å². The number of rotatable bonds is 1. The lowest BCUT2D eigenvalue weighted by Crippen LogP contribution is -2.04. The Bertz CT molecular complexity index is 269. The van der Waals surface area contributed by atoms with Crippen LogP contribution in [0.15, 0.2) is 3.79 Å². The summed E-state index contributed by atoms with van der Waals surface area (Å²) >= 11 is 10.1. The molecular weight excluding hydrogens is 251 g/mol. The summed E-state index contributed by atoms with van der Waals surface area (Å²) in [6.07, 6.45) is 0. The molecule has 0 aliphatic heterocycles. The van der Waals surface area contributed by atoms with Crippen LogP contribution in [-0.4, -0.2) is 10.9 Å². The van der Waals surface area contributed by atoms with E-state index in [1.807, 2.05) is 0 Å². The number of thiazole rings is 1. The molecule has 0 aromatic carbocycles. The van der Waals surface area contributed by atoms with Gasteiger partial charge in [-0.1, -0.05) is 22.9 Å². The topological polar surface area (TPSA) is 42.0 Å². The molecule has 0 aliphatic carbocycles. The lowest BCUT2D eigenvalue weighted by Gasteiger charge is -1.91. The van der Waals surface area contributed by atoms with E-state index in [4.69, 9.17) is 11.6 Å². The molecule has 0 atom stereocenters. The van der Waals surface area contributed by atoms with E-state index in [0.717, 1.165) is 3.79 Å². The number of carbonyl (C=O) groups is 1. The van der Waals surface area contributed by atoms with E-state index in [0.29, 0.717) is 10.3 Å². The minimum atomic E-state index is -0.150. The molecule has 3 nitrogen and oxygen atoms in total. The molecule has 0 saturated heterocycles. The van der Waals surface area contributed by atoms with E-state index in [1.165, 1.54) is 18.3 Å². The fourth-order valence-electron chi connectivity index (χ4n) is 0.487. The second kappa shape index (κ2) is 3.51. The van der Waals surface area contributed by atoms with Gasteiger partial charge in [0.1, 0.15) is 3.79 Å². The fourth-order valence-corrected chi connectivity index (χ4v) is 1.92. The molecule has 0 unspecified atom stereocenters. The zero-order valence-electron chi connectivity index (χ0n) is 5.52. The predicted octanol–water partition coefficient (Wildman–Crippen LogP) is 2.52. The van der Waals surface area contributed by atoms with Crippen LogP contribution in [0.2, 0.25) is 5.15 Å². The summed E-state index contributed by atoms with van der Waals surface area (Å²) in [6, 6.07) is 0. The Balaban J connectivity index is 2.81. The van der Waals surface area contributed by atoms with Crippen LogP contribution in [0, 0.1) is 0 Å². The van der Waals surface area contributed by atoms with E-state index in [9.17, 15) is 4.79 Å². The number of halogens is 2. The summed E-state index contributed by atoms with van der Waals surface area (Å²) < 4.78 is 0.725. The highest BCUT2D eigenvalue weighted by molar-refractivity contribution is 9.11. The van der Waals surface area contributed by atoms with Gasteiger partial charge in [-0.05, 0) is 15.9 Å². The van der Waals surface area contributed by atoms with Gasteiger partial charge in [-0.15, -0.1) is 0 Å². The normalized spacial score (nSPS) is 9.73. The highest BCUT2D eigenvalue weighted by Gasteiger charge is 2.06. The number of hydrogen-bond acceptors (Lipinski definition) is 3. The molecule has 1 aromatic heterocycles. The molecule has 11 heavy (non-hydrogen) atoms. The lowest BCUT2D eigenvalue weighted by molar-refractivity contribution is -0.114. The molecule has 1 amide bonds. The van der Waals surface area contributed by atoms with Gasteiger partial charge in [-0.3, -0.25) is 4.79 Å². The molecule has 0 spiro atoms. The molecule has 0 bridgehead atoms. The molecule has 1 N–H and O–H groups in total. The van der Waals surface area contributed by atoms with Crippen molar-refractivity contribution in [3.63, 3.8) is 0 Å². The van der Waals surface area contributed by atoms with Crippen molar-refractivity contribution in [3.05, 3.63) is 8.94 Å². The number of nitrogens with zero attached hydrogens (tertiary/aromatic N) is 1. The van der Waals surface area contributed by atoms with Gasteiger partial charge < -0.3 is 5.32 Å². The summed E-state index contributed by atoms with van der Waals surface area (Å²) in [5.74, 6) is -0.150. The van der Waals surface area contributed by atoms with Gasteiger partial charge in [0.05, 0.1) is 0 Å². The molecule has 0 aliphatic rings. The molecule has 60 valence electrons. The van der Waals surface area contributed by atoms with E-state index in [2.05, 4.69) is 26.2 Å². The molecule has 1 aromatic rings. The van der Waals surface area contributed by atoms with Gasteiger partial charge in [0.2, 0.25) is 5.91 Å². The molecule has 1 rings (SSSR count). The van der Waals surface area contributed by atoms with Crippen molar-refractivity contribution in [2.45, 2.75) is 6.92 Å². The monoisotopic (exact) mass is 254 g/mol. The minimum Gasteiger partial charge on any atom is -0.302 e. The molecule has 0 fully saturated rings. The number of aromatic nitrogens is 1. The third-order valence-electron chi connectivity index (χ3n) is 0.831. The third-order valence-corrected chi connectivity index (χ3v) is 3.07. The van der Waals surface area contributed by atoms with E-state index in [-0.39, 0.29) is 5.91 Å². The standard InChI is InChI=1S/C5H4BrClN2OS/c1-2(10)8-5-9-4(7)3(6)11-5/h1H3,(H,8,9,10). The van der Waals surface area contributed by atoms with Gasteiger partial charge in [0.15, 0.2) is 10.3 Å². The maximum absolute atomic E-state index is 10.5. The Morgan fingerprint density at radius 2 is 2.45 bits per heavy atom. The van der Waals surface area contributed by atoms with Crippen molar-refractivity contribution in [1.29, 1.82) is 0 Å². The maximum atomic E-state index is 10.5. The molecule has 0 radical (unpaired) electrons. The zero-order chi connectivity index (χ0) is 8.43. The van der Waals surface area contributed by atoms with E-state index in [1.54, 1.807) is 0 Å². The van der Waals surface area contributed by atoms with Crippen molar-refractivity contribution >= 4 is 49.9 Å². The summed E-state index contributed by atoms with van der Waals surface area (Å²) in [4.78, 5) is 14.4. The van der Waals surface area contributed by atoms with Gasteiger partial charge in [-0.2, -0.15) is 0 Å². The van der Waals surface area contributed by atoms with Crippen LogP contribution in [-0.2, 0) is 4.79 Å². The largest absolute Gasteiger partial charge is 0.302 e. The minimum absolute atomic E-state index is 0.150. The molecular formula is C5H4BrClN2OS. The Kier molecular flexibility index (Phi) is 2.86. The fraction of sp³-hybridized carbons (Fsp3) is 0.200. The van der Waals surface area contributed by atoms with Crippen LogP contribution in [0.3, 0.4) is 0 Å². The lowest BCUT2D eigenvalue weighted by atomic mass is 10.7. The maximum Gasteiger partial charge on any atom is 0.223 e. The summed E-state index contributed by atoms with van der Waals surface area (Å²) in [7, 11) is 0. The summed E-state index contributed by atoms with van der Waals surface area (Å²) in [5, 5.41) is 3.40. The molecule has 6 heteroatoms. The molecule has 0 saturated carbocycles. The zero-order valence-corrected chi connectivity index (χ0v) is 8.68. The first-order chi connectivity index (χ1) is 5.09. The number of hydrogen-bond donors (Lipinski definition) is 1. The first kappa shape index (κ1) is 8.96. The summed E-state index contributed by atoms with van der Waals surface area (Å²) in [6.45, 7) is 1.42. The SMILES string of the molecule is CC(=O)Nc1nc(Cl)c(Br)s1. The number of nitrogens with one attached hydrogen (secondary N) is 1. The molecule has 1 heterocycles. The second-order valence-corrected chi connectivity index (χ2v) is 4.44. The Morgan fingerprint density at radius 1 is 1.82 bits per heavy atom. The van der Waals surface area contributed by atoms with Crippen LogP contribution in [0.4, 0.5) is 5.13 Å². The third kappa shape index (κ3) is 2.43. The van der Waals surface area contributed by atoms with Crippen molar-refractivity contribution in [2.24, 2.45) is 0 Å². The van der Waals surface area contributed by atoms with E-state index < -0.39 is 0 Å². The van der Waals surface area contributed by atoms with Crippen LogP contribution < -0.4 is 5.32 Å². The van der Waals surface area contributed by atoms with Crippen molar-refractivity contribution in [1.82, 2.24) is 4.98 Å². The Labute approximate surface area is 80.9 Å². The highest BCUT2D eigenvalue weighted by Crippen LogP contribution is 2.31. The number of anilines is 1. The first-order valence-corrected chi connectivity index (χ1v) is 4.68. The van der Waals surface area contributed by atoms with Crippen LogP contribution in [0.25, 0.3) is 0 Å². The van der Waals surface area contributed by atoms with E-state index >= 15 is 0 Å². The van der Waals surface area contributed by atoms with Gasteiger partial charge in [0.25, 0.3) is 0 Å². The first-order valence-electron chi connectivity index (χ1n) is 2.69. The Morgan fingerprint density at radius 3 is 2.82 bits per heavy atom. The smallest absolute Gasteiger partial charge is 0.223 e. The average Bonchev–Trinajstić information content (AvgIpc) is 2.10. The van der Waals surface area contributed by atoms with Gasteiger partial charge in [-0.25, -0.2) is 4.98 Å². The number of carbonyl (C=O) groups excluding carboxylic acids is 1. The number of amides is 1. The van der Waals surface area contributed by atoms with Crippen molar-refractivity contribution in [3.8, 4) is 0 Å². The van der Waals surface area contributed by atoms with Crippen molar-refractivity contribution < 1.29 is 4.79 Å². The van der Waals surface area contributed by atoms with Crippen LogP contribution in [0.1, 0.15) is 6.92 Å². The average molecular weight is 256 g/mol. The van der Waals surface area contributed by atoms with Gasteiger partial charge in [0, 0.05) is 6.92 Å². The Hall–Kier alpha value is -0.130. The second-order valence-electron chi connectivity index (χ2n) is 1.76. The van der Waals surface area contributed by atoms with Crippen LogP contribution >= 0.6 is 38.9 Å². The predicted molar refractivity (Wildman–Crippen MR) is 49.1 cm³/mol. The quantitative estimate of drug-likeness (QED) is 0.838.